The molecule has 1 heterocycles. The highest BCUT2D eigenvalue weighted by atomic mass is 35.5. The van der Waals surface area contributed by atoms with E-state index in [2.05, 4.69) is 17.1 Å². The zero-order chi connectivity index (χ0) is 15.9. The van der Waals surface area contributed by atoms with Gasteiger partial charge in [-0.05, 0) is 37.7 Å². The number of carbonyl (C=O) groups is 1. The first-order chi connectivity index (χ1) is 10.6. The van der Waals surface area contributed by atoms with E-state index in [4.69, 9.17) is 10.5 Å². The van der Waals surface area contributed by atoms with E-state index in [-0.39, 0.29) is 36.4 Å². The highest BCUT2D eigenvalue weighted by Gasteiger charge is 2.33. The molecule has 0 bridgehead atoms. The van der Waals surface area contributed by atoms with Gasteiger partial charge in [-0.1, -0.05) is 6.92 Å². The molecule has 0 saturated heterocycles. The standard InChI is InChI=1S/C16H28N4O2.ClH/c1-3-8-22-15-9-13(4-5-14(15)17)16(21)20(2)7-6-12-10-18-19-11-12;/h10-11,13-15H,3-9,17H2,1-2H3,(H,18,19);1H/t13-,14+,15+;/m0./s1. The van der Waals surface area contributed by atoms with Gasteiger partial charge in [0.2, 0.25) is 5.91 Å². The van der Waals surface area contributed by atoms with Crippen molar-refractivity contribution >= 4 is 18.3 Å². The molecule has 1 aliphatic carbocycles. The van der Waals surface area contributed by atoms with E-state index in [9.17, 15) is 4.79 Å². The molecule has 1 aromatic heterocycles. The SMILES string of the molecule is CCCO[C@@H]1C[C@@H](C(=O)N(C)CCc2cn[nH]c2)CC[C@H]1N.Cl. The van der Waals surface area contributed by atoms with Gasteiger partial charge in [0.15, 0.2) is 0 Å². The molecule has 3 atom stereocenters. The molecule has 7 heteroatoms. The van der Waals surface area contributed by atoms with E-state index in [0.29, 0.717) is 6.54 Å². The summed E-state index contributed by atoms with van der Waals surface area (Å²) in [4.78, 5) is 14.4. The molecular weight excluding hydrogens is 316 g/mol. The number of likely N-dealkylation sites (N-methyl/N-ethyl adjacent to an activating group) is 1. The number of halogens is 1. The molecule has 2 rings (SSSR count). The van der Waals surface area contributed by atoms with Crippen LogP contribution in [0.2, 0.25) is 0 Å². The number of aromatic amines is 1. The number of ether oxygens (including phenoxy) is 1. The summed E-state index contributed by atoms with van der Waals surface area (Å²) < 4.78 is 5.82. The molecule has 1 amide bonds. The van der Waals surface area contributed by atoms with Gasteiger partial charge in [-0.15, -0.1) is 12.4 Å². The lowest BCUT2D eigenvalue weighted by Gasteiger charge is -2.35. The van der Waals surface area contributed by atoms with Crippen LogP contribution < -0.4 is 5.73 Å². The Morgan fingerprint density at radius 2 is 2.30 bits per heavy atom. The molecule has 132 valence electrons. The second-order valence-corrected chi connectivity index (χ2v) is 6.20. The molecule has 1 saturated carbocycles. The van der Waals surface area contributed by atoms with Gasteiger partial charge in [0.05, 0.1) is 12.3 Å². The van der Waals surface area contributed by atoms with Gasteiger partial charge in [-0.3, -0.25) is 9.89 Å². The minimum Gasteiger partial charge on any atom is -0.377 e. The number of hydrogen-bond acceptors (Lipinski definition) is 4. The lowest BCUT2D eigenvalue weighted by molar-refractivity contribution is -0.137. The summed E-state index contributed by atoms with van der Waals surface area (Å²) in [5.74, 6) is 0.247. The third-order valence-corrected chi connectivity index (χ3v) is 4.40. The van der Waals surface area contributed by atoms with Gasteiger partial charge in [-0.2, -0.15) is 5.10 Å². The van der Waals surface area contributed by atoms with Crippen LogP contribution >= 0.6 is 12.4 Å². The third kappa shape index (κ3) is 5.79. The number of carbonyl (C=O) groups excluding carboxylic acids is 1. The summed E-state index contributed by atoms with van der Waals surface area (Å²) in [6, 6.07) is 0.0619. The van der Waals surface area contributed by atoms with Gasteiger partial charge in [0.1, 0.15) is 0 Å². The van der Waals surface area contributed by atoms with E-state index in [0.717, 1.165) is 44.3 Å². The average Bonchev–Trinajstić information content (AvgIpc) is 3.04. The van der Waals surface area contributed by atoms with E-state index >= 15 is 0 Å². The molecule has 1 fully saturated rings. The Balaban J connectivity index is 0.00000264. The fraction of sp³-hybridized carbons (Fsp3) is 0.750. The number of H-pyrrole nitrogens is 1. The summed E-state index contributed by atoms with van der Waals surface area (Å²) in [5.41, 5.74) is 7.24. The number of rotatable bonds is 7. The fourth-order valence-corrected chi connectivity index (χ4v) is 2.97. The van der Waals surface area contributed by atoms with Crippen LogP contribution in [0.3, 0.4) is 0 Å². The normalized spacial score (nSPS) is 24.0. The van der Waals surface area contributed by atoms with Crippen LogP contribution in [0.1, 0.15) is 38.2 Å². The smallest absolute Gasteiger partial charge is 0.225 e. The molecular formula is C16H29ClN4O2. The van der Waals surface area contributed by atoms with Gasteiger partial charge < -0.3 is 15.4 Å². The molecule has 6 nitrogen and oxygen atoms in total. The topological polar surface area (TPSA) is 84.2 Å². The summed E-state index contributed by atoms with van der Waals surface area (Å²) in [5, 5.41) is 6.72. The predicted molar refractivity (Wildman–Crippen MR) is 92.5 cm³/mol. The van der Waals surface area contributed by atoms with Gasteiger partial charge in [0, 0.05) is 38.4 Å². The first kappa shape index (κ1) is 19.9. The number of nitrogens with two attached hydrogens (primary N) is 1. The molecule has 23 heavy (non-hydrogen) atoms. The Morgan fingerprint density at radius 1 is 1.52 bits per heavy atom. The molecule has 0 aromatic carbocycles. The number of nitrogens with one attached hydrogen (secondary N) is 1. The van der Waals surface area contributed by atoms with Crippen molar-refractivity contribution in [2.75, 3.05) is 20.2 Å². The molecule has 0 unspecified atom stereocenters. The Hall–Kier alpha value is -1.11. The van der Waals surface area contributed by atoms with Gasteiger partial charge in [-0.25, -0.2) is 0 Å². The highest BCUT2D eigenvalue weighted by molar-refractivity contribution is 5.85. The Morgan fingerprint density at radius 3 is 2.96 bits per heavy atom. The number of hydrogen-bond donors (Lipinski definition) is 2. The monoisotopic (exact) mass is 344 g/mol. The van der Waals surface area contributed by atoms with Gasteiger partial charge >= 0.3 is 0 Å². The number of nitrogens with zero attached hydrogens (tertiary/aromatic N) is 2. The predicted octanol–water partition coefficient (Wildman–Crippen LogP) is 1.75. The van der Waals surface area contributed by atoms with Crippen LogP contribution in [0.25, 0.3) is 0 Å². The largest absolute Gasteiger partial charge is 0.377 e. The van der Waals surface area contributed by atoms with Crippen molar-refractivity contribution in [1.82, 2.24) is 15.1 Å². The van der Waals surface area contributed by atoms with Crippen molar-refractivity contribution < 1.29 is 9.53 Å². The van der Waals surface area contributed by atoms with Crippen molar-refractivity contribution in [2.24, 2.45) is 11.7 Å². The summed E-state index contributed by atoms with van der Waals surface area (Å²) in [6.45, 7) is 3.51. The van der Waals surface area contributed by atoms with E-state index < -0.39 is 0 Å². The molecule has 1 aliphatic rings. The molecule has 0 radical (unpaired) electrons. The van der Waals surface area contributed by atoms with Crippen molar-refractivity contribution in [1.29, 1.82) is 0 Å². The van der Waals surface area contributed by atoms with Crippen LogP contribution in [0.4, 0.5) is 0 Å². The van der Waals surface area contributed by atoms with Crippen molar-refractivity contribution in [2.45, 2.75) is 51.2 Å². The molecule has 1 aromatic rings. The Bertz CT molecular complexity index is 455. The zero-order valence-electron chi connectivity index (χ0n) is 14.0. The summed E-state index contributed by atoms with van der Waals surface area (Å²) in [6.07, 6.45) is 7.95. The molecule has 0 spiro atoms. The maximum atomic E-state index is 12.6. The van der Waals surface area contributed by atoms with Crippen LogP contribution in [0, 0.1) is 5.92 Å². The third-order valence-electron chi connectivity index (χ3n) is 4.40. The lowest BCUT2D eigenvalue weighted by Crippen LogP contribution is -2.46. The highest BCUT2D eigenvalue weighted by Crippen LogP contribution is 2.27. The quantitative estimate of drug-likeness (QED) is 0.789. The molecule has 3 N–H and O–H groups in total. The van der Waals surface area contributed by atoms with E-state index in [1.807, 2.05) is 18.1 Å². The van der Waals surface area contributed by atoms with Crippen LogP contribution in [0.5, 0.6) is 0 Å². The Labute approximate surface area is 144 Å². The van der Waals surface area contributed by atoms with E-state index in [1.165, 1.54) is 0 Å². The van der Waals surface area contributed by atoms with Crippen LogP contribution in [0.15, 0.2) is 12.4 Å². The fourth-order valence-electron chi connectivity index (χ4n) is 2.97. The van der Waals surface area contributed by atoms with Crippen molar-refractivity contribution in [3.8, 4) is 0 Å². The van der Waals surface area contributed by atoms with Crippen molar-refractivity contribution in [3.63, 3.8) is 0 Å². The van der Waals surface area contributed by atoms with Crippen LogP contribution in [-0.2, 0) is 16.0 Å². The Kier molecular flexibility index (Phi) is 8.58. The maximum absolute atomic E-state index is 12.6. The second-order valence-electron chi connectivity index (χ2n) is 6.20. The first-order valence-electron chi connectivity index (χ1n) is 8.21. The minimum absolute atomic E-state index is 0. The zero-order valence-corrected chi connectivity index (χ0v) is 14.8. The minimum atomic E-state index is 0. The second kappa shape index (κ2) is 9.90. The number of amides is 1. The maximum Gasteiger partial charge on any atom is 0.225 e. The van der Waals surface area contributed by atoms with Gasteiger partial charge in [0.25, 0.3) is 0 Å². The lowest BCUT2D eigenvalue weighted by atomic mass is 9.83. The summed E-state index contributed by atoms with van der Waals surface area (Å²) >= 11 is 0. The number of aromatic nitrogens is 2. The molecule has 0 aliphatic heterocycles. The average molecular weight is 345 g/mol. The first-order valence-corrected chi connectivity index (χ1v) is 8.21. The van der Waals surface area contributed by atoms with Crippen LogP contribution in [-0.4, -0.2) is 53.3 Å². The summed E-state index contributed by atoms with van der Waals surface area (Å²) in [7, 11) is 1.87. The van der Waals surface area contributed by atoms with Crippen molar-refractivity contribution in [3.05, 3.63) is 18.0 Å². The van der Waals surface area contributed by atoms with E-state index in [1.54, 1.807) is 6.20 Å².